The highest BCUT2D eigenvalue weighted by molar-refractivity contribution is 5.76. The number of amides is 1. The van der Waals surface area contributed by atoms with E-state index in [2.05, 4.69) is 43.5 Å². The van der Waals surface area contributed by atoms with E-state index >= 15 is 0 Å². The van der Waals surface area contributed by atoms with E-state index < -0.39 is 12.1 Å². The number of allylic oxidation sites excluding steroid dienone is 4. The number of carbonyl (C=O) groups excluding carboxylic acids is 2. The first-order valence-electron chi connectivity index (χ1n) is 38.1. The molecule has 0 heterocycles. The van der Waals surface area contributed by atoms with Gasteiger partial charge in [-0.05, 0) is 77.0 Å². The molecule has 0 spiro atoms. The summed E-state index contributed by atoms with van der Waals surface area (Å²) in [5, 5.41) is 23.4. The standard InChI is InChI=1S/C77H149NO5/c1-3-5-7-9-11-13-15-17-19-42-45-49-53-57-61-65-69-75(80)74(73-79)78-76(81)70-66-62-58-54-50-46-43-39-37-35-33-31-29-27-25-23-21-20-22-24-26-28-30-32-34-36-38-40-44-48-52-56-60-64-68-72-83-77(82)71-67-63-59-55-51-47-41-18-16-14-12-10-8-6-4-2/h18,22,24,41,74-75,79-80H,3-17,19-21,23,25-40,42-73H2,1-2H3,(H,78,81)/b24-22-,41-18-. The first-order valence-corrected chi connectivity index (χ1v) is 38.1. The predicted molar refractivity (Wildman–Crippen MR) is 366 cm³/mol. The van der Waals surface area contributed by atoms with Crippen molar-refractivity contribution in [3.8, 4) is 0 Å². The van der Waals surface area contributed by atoms with Crippen molar-refractivity contribution in [1.82, 2.24) is 5.32 Å². The van der Waals surface area contributed by atoms with Gasteiger partial charge in [-0.1, -0.05) is 366 Å². The molecule has 2 atom stereocenters. The summed E-state index contributed by atoms with van der Waals surface area (Å²) in [7, 11) is 0. The van der Waals surface area contributed by atoms with Gasteiger partial charge in [0.05, 0.1) is 25.4 Å². The van der Waals surface area contributed by atoms with E-state index in [0.717, 1.165) is 44.9 Å². The predicted octanol–water partition coefficient (Wildman–Crippen LogP) is 24.9. The van der Waals surface area contributed by atoms with E-state index in [-0.39, 0.29) is 18.5 Å². The second kappa shape index (κ2) is 72.8. The number of aliphatic hydroxyl groups excluding tert-OH is 2. The molecule has 0 aromatic heterocycles. The Kier molecular flexibility index (Phi) is 71.4. The highest BCUT2D eigenvalue weighted by atomic mass is 16.5. The average Bonchev–Trinajstić information content (AvgIpc) is 3.49. The zero-order chi connectivity index (χ0) is 59.9. The third-order valence-electron chi connectivity index (χ3n) is 18.0. The molecule has 6 nitrogen and oxygen atoms in total. The molecule has 2 unspecified atom stereocenters. The minimum absolute atomic E-state index is 0.0130. The van der Waals surface area contributed by atoms with Crippen LogP contribution in [0.1, 0.15) is 431 Å². The number of hydrogen-bond donors (Lipinski definition) is 3. The van der Waals surface area contributed by atoms with Crippen molar-refractivity contribution in [2.75, 3.05) is 13.2 Å². The largest absolute Gasteiger partial charge is 0.466 e. The molecule has 0 bridgehead atoms. The van der Waals surface area contributed by atoms with E-state index in [1.54, 1.807) is 0 Å². The van der Waals surface area contributed by atoms with Crippen LogP contribution in [0.25, 0.3) is 0 Å². The van der Waals surface area contributed by atoms with Gasteiger partial charge in [-0.25, -0.2) is 0 Å². The van der Waals surface area contributed by atoms with Gasteiger partial charge in [0.2, 0.25) is 5.91 Å². The molecule has 0 saturated carbocycles. The van der Waals surface area contributed by atoms with E-state index in [1.807, 2.05) is 0 Å². The molecule has 0 aromatic rings. The van der Waals surface area contributed by atoms with Crippen LogP contribution in [0, 0.1) is 0 Å². The number of rotatable bonds is 72. The lowest BCUT2D eigenvalue weighted by Crippen LogP contribution is -2.45. The maximum absolute atomic E-state index is 12.5. The Bertz CT molecular complexity index is 1300. The Morgan fingerprint density at radius 1 is 0.325 bits per heavy atom. The quantitative estimate of drug-likeness (QED) is 0.0320. The van der Waals surface area contributed by atoms with Crippen molar-refractivity contribution in [3.63, 3.8) is 0 Å². The van der Waals surface area contributed by atoms with Gasteiger partial charge in [-0.15, -0.1) is 0 Å². The second-order valence-electron chi connectivity index (χ2n) is 26.3. The molecular weight excluding hydrogens is 1020 g/mol. The van der Waals surface area contributed by atoms with Crippen molar-refractivity contribution < 1.29 is 24.5 Å². The summed E-state index contributed by atoms with van der Waals surface area (Å²) in [6.07, 6.45) is 92.6. The first-order chi connectivity index (χ1) is 41.0. The topological polar surface area (TPSA) is 95.9 Å². The Labute approximate surface area is 520 Å². The normalized spacial score (nSPS) is 12.6. The Balaban J connectivity index is 3.33. The molecule has 0 aliphatic rings. The van der Waals surface area contributed by atoms with Crippen LogP contribution in [-0.4, -0.2) is 47.4 Å². The maximum atomic E-state index is 12.5. The molecule has 83 heavy (non-hydrogen) atoms. The molecule has 0 aliphatic heterocycles. The molecule has 0 saturated heterocycles. The number of aliphatic hydroxyl groups is 2. The molecule has 492 valence electrons. The van der Waals surface area contributed by atoms with Crippen LogP contribution in [0.3, 0.4) is 0 Å². The van der Waals surface area contributed by atoms with E-state index in [4.69, 9.17) is 4.74 Å². The Morgan fingerprint density at radius 3 is 0.855 bits per heavy atom. The summed E-state index contributed by atoms with van der Waals surface area (Å²) in [6.45, 7) is 4.99. The van der Waals surface area contributed by atoms with Crippen LogP contribution in [0.5, 0.6) is 0 Å². The molecule has 0 aliphatic carbocycles. The fourth-order valence-corrected chi connectivity index (χ4v) is 12.2. The van der Waals surface area contributed by atoms with Gasteiger partial charge in [0.25, 0.3) is 0 Å². The maximum Gasteiger partial charge on any atom is 0.305 e. The minimum Gasteiger partial charge on any atom is -0.466 e. The molecule has 3 N–H and O–H groups in total. The van der Waals surface area contributed by atoms with E-state index in [9.17, 15) is 19.8 Å². The van der Waals surface area contributed by atoms with Crippen LogP contribution in [-0.2, 0) is 14.3 Å². The third-order valence-corrected chi connectivity index (χ3v) is 18.0. The SMILES string of the molecule is CCCCCCCC/C=C\CCCCCCCC(=O)OCCCCCCCCCCCCCCCC/C=C\CCCCCCCCCCCCCCCCCCCC(=O)NC(CO)C(O)CCCCCCCCCCCCCCCCCC. The Morgan fingerprint density at radius 2 is 0.566 bits per heavy atom. The van der Waals surface area contributed by atoms with Gasteiger partial charge in [0.1, 0.15) is 0 Å². The molecule has 6 heteroatoms. The van der Waals surface area contributed by atoms with Crippen LogP contribution in [0.15, 0.2) is 24.3 Å². The molecular formula is C77H149NO5. The highest BCUT2D eigenvalue weighted by Gasteiger charge is 2.20. The van der Waals surface area contributed by atoms with Crippen LogP contribution in [0.2, 0.25) is 0 Å². The van der Waals surface area contributed by atoms with E-state index in [1.165, 1.54) is 353 Å². The third kappa shape index (κ3) is 69.3. The van der Waals surface area contributed by atoms with Crippen molar-refractivity contribution >= 4 is 11.9 Å². The van der Waals surface area contributed by atoms with Gasteiger partial charge >= 0.3 is 5.97 Å². The fraction of sp³-hybridized carbons (Fsp3) is 0.922. The summed E-state index contributed by atoms with van der Waals surface area (Å²) < 4.78 is 5.50. The van der Waals surface area contributed by atoms with Gasteiger partial charge in [-0.3, -0.25) is 9.59 Å². The summed E-state index contributed by atoms with van der Waals surface area (Å²) in [6, 6.07) is -0.538. The average molecular weight is 1170 g/mol. The van der Waals surface area contributed by atoms with E-state index in [0.29, 0.717) is 25.9 Å². The van der Waals surface area contributed by atoms with Crippen LogP contribution >= 0.6 is 0 Å². The summed E-state index contributed by atoms with van der Waals surface area (Å²) in [5.41, 5.74) is 0. The lowest BCUT2D eigenvalue weighted by molar-refractivity contribution is -0.143. The number of unbranched alkanes of at least 4 members (excludes halogenated alkanes) is 57. The Hall–Kier alpha value is -1.66. The fourth-order valence-electron chi connectivity index (χ4n) is 12.2. The van der Waals surface area contributed by atoms with Crippen molar-refractivity contribution in [2.45, 2.75) is 443 Å². The van der Waals surface area contributed by atoms with Crippen molar-refractivity contribution in [1.29, 1.82) is 0 Å². The van der Waals surface area contributed by atoms with Gasteiger partial charge in [0, 0.05) is 12.8 Å². The van der Waals surface area contributed by atoms with Crippen LogP contribution < -0.4 is 5.32 Å². The first kappa shape index (κ1) is 81.3. The smallest absolute Gasteiger partial charge is 0.305 e. The lowest BCUT2D eigenvalue weighted by Gasteiger charge is -2.22. The van der Waals surface area contributed by atoms with Crippen molar-refractivity contribution in [3.05, 3.63) is 24.3 Å². The lowest BCUT2D eigenvalue weighted by atomic mass is 10.0. The molecule has 0 aromatic carbocycles. The highest BCUT2D eigenvalue weighted by Crippen LogP contribution is 2.19. The number of carbonyl (C=O) groups is 2. The van der Waals surface area contributed by atoms with Crippen LogP contribution in [0.4, 0.5) is 0 Å². The molecule has 1 amide bonds. The molecule has 0 radical (unpaired) electrons. The second-order valence-corrected chi connectivity index (χ2v) is 26.3. The van der Waals surface area contributed by atoms with Gasteiger partial charge in [-0.2, -0.15) is 0 Å². The summed E-state index contributed by atoms with van der Waals surface area (Å²) in [5.74, 6) is -0.0146. The molecule has 0 rings (SSSR count). The number of esters is 1. The summed E-state index contributed by atoms with van der Waals surface area (Å²) in [4.78, 5) is 24.6. The van der Waals surface area contributed by atoms with Gasteiger partial charge < -0.3 is 20.3 Å². The number of nitrogens with one attached hydrogen (secondary N) is 1. The minimum atomic E-state index is -0.661. The van der Waals surface area contributed by atoms with Crippen molar-refractivity contribution in [2.24, 2.45) is 0 Å². The zero-order valence-electron chi connectivity index (χ0n) is 56.5. The summed E-state index contributed by atoms with van der Waals surface area (Å²) >= 11 is 0. The number of ether oxygens (including phenoxy) is 1. The zero-order valence-corrected chi connectivity index (χ0v) is 56.5. The number of hydrogen-bond acceptors (Lipinski definition) is 5. The molecule has 0 fully saturated rings. The monoisotopic (exact) mass is 1170 g/mol. The van der Waals surface area contributed by atoms with Gasteiger partial charge in [0.15, 0.2) is 0 Å².